The lowest BCUT2D eigenvalue weighted by Crippen LogP contribution is -2.29. The zero-order valence-electron chi connectivity index (χ0n) is 38.4. The van der Waals surface area contributed by atoms with E-state index >= 15 is 0 Å². The number of ether oxygens (including phenoxy) is 2. The van der Waals surface area contributed by atoms with Crippen LogP contribution in [0.2, 0.25) is 0 Å². The molecule has 0 amide bonds. The second-order valence-corrected chi connectivity index (χ2v) is 17.2. The van der Waals surface area contributed by atoms with Gasteiger partial charge in [0.1, 0.15) is 12.7 Å². The summed E-state index contributed by atoms with van der Waals surface area (Å²) in [7, 11) is -4.64. The topological polar surface area (TPSA) is 149 Å². The summed E-state index contributed by atoms with van der Waals surface area (Å²) in [5, 5.41) is 18.4. The Labute approximate surface area is 371 Å². The molecule has 0 spiro atoms. The minimum atomic E-state index is -4.64. The molecule has 0 heterocycles. The largest absolute Gasteiger partial charge is 0.472 e. The third-order valence-corrected chi connectivity index (χ3v) is 10.8. The molecule has 0 aromatic heterocycles. The Balaban J connectivity index is 4.34. The predicted octanol–water partition coefficient (Wildman–Crippen LogP) is 13.2. The van der Waals surface area contributed by atoms with Crippen molar-refractivity contribution in [1.29, 1.82) is 0 Å². The van der Waals surface area contributed by atoms with Gasteiger partial charge in [0.25, 0.3) is 0 Å². The van der Waals surface area contributed by atoms with E-state index in [-0.39, 0.29) is 19.4 Å². The lowest BCUT2D eigenvalue weighted by molar-refractivity contribution is -0.161. The number of phosphoric ester groups is 1. The fourth-order valence-electron chi connectivity index (χ4n) is 6.26. The maximum Gasteiger partial charge on any atom is 0.472 e. The summed E-state index contributed by atoms with van der Waals surface area (Å²) in [6.07, 6.45) is 53.1. The average Bonchev–Trinajstić information content (AvgIpc) is 3.25. The van der Waals surface area contributed by atoms with Gasteiger partial charge in [0.05, 0.1) is 19.8 Å². The molecule has 0 fully saturated rings. The van der Waals surface area contributed by atoms with Crippen LogP contribution in [0.25, 0.3) is 0 Å². The predicted molar refractivity (Wildman–Crippen MR) is 251 cm³/mol. The molecule has 3 atom stereocenters. The molecule has 61 heavy (non-hydrogen) atoms. The van der Waals surface area contributed by atoms with E-state index in [1.807, 2.05) is 12.2 Å². The first-order chi connectivity index (χ1) is 29.7. The van der Waals surface area contributed by atoms with Gasteiger partial charge in [-0.1, -0.05) is 202 Å². The van der Waals surface area contributed by atoms with E-state index in [4.69, 9.17) is 23.6 Å². The highest BCUT2D eigenvalue weighted by molar-refractivity contribution is 7.47. The molecule has 352 valence electrons. The third-order valence-electron chi connectivity index (χ3n) is 9.89. The van der Waals surface area contributed by atoms with E-state index in [2.05, 4.69) is 74.6 Å². The van der Waals surface area contributed by atoms with Gasteiger partial charge < -0.3 is 24.6 Å². The van der Waals surface area contributed by atoms with Crippen molar-refractivity contribution in [3.8, 4) is 0 Å². The molecule has 0 aliphatic carbocycles. The van der Waals surface area contributed by atoms with Gasteiger partial charge in [-0.05, 0) is 51.4 Å². The lowest BCUT2D eigenvalue weighted by Gasteiger charge is -2.20. The summed E-state index contributed by atoms with van der Waals surface area (Å²) >= 11 is 0. The second kappa shape index (κ2) is 45.4. The number of esters is 2. The van der Waals surface area contributed by atoms with E-state index in [0.29, 0.717) is 12.8 Å². The monoisotopic (exact) mass is 879 g/mol. The number of hydrogen-bond acceptors (Lipinski definition) is 9. The molecule has 0 bridgehead atoms. The summed E-state index contributed by atoms with van der Waals surface area (Å²) < 4.78 is 32.7. The van der Waals surface area contributed by atoms with Crippen molar-refractivity contribution in [2.24, 2.45) is 0 Å². The molecule has 10 nitrogen and oxygen atoms in total. The first-order valence-electron chi connectivity index (χ1n) is 23.9. The van der Waals surface area contributed by atoms with Crippen LogP contribution in [0.3, 0.4) is 0 Å². The highest BCUT2D eigenvalue weighted by Crippen LogP contribution is 2.43. The van der Waals surface area contributed by atoms with Gasteiger partial charge in [-0.3, -0.25) is 18.6 Å². The third kappa shape index (κ3) is 45.3. The van der Waals surface area contributed by atoms with Gasteiger partial charge in [0, 0.05) is 12.8 Å². The van der Waals surface area contributed by atoms with E-state index in [1.54, 1.807) is 0 Å². The fraction of sp³-hybridized carbons (Fsp3) is 0.720. The van der Waals surface area contributed by atoms with Crippen molar-refractivity contribution in [3.05, 3.63) is 72.9 Å². The molecule has 0 rings (SSSR count). The van der Waals surface area contributed by atoms with Gasteiger partial charge in [-0.25, -0.2) is 4.57 Å². The van der Waals surface area contributed by atoms with E-state index in [9.17, 15) is 24.2 Å². The minimum absolute atomic E-state index is 0.115. The van der Waals surface area contributed by atoms with E-state index in [0.717, 1.165) is 57.8 Å². The first kappa shape index (κ1) is 58.4. The van der Waals surface area contributed by atoms with Crippen molar-refractivity contribution < 1.29 is 47.8 Å². The van der Waals surface area contributed by atoms with Crippen LogP contribution >= 0.6 is 7.82 Å². The number of allylic oxidation sites excluding steroid dienone is 12. The summed E-state index contributed by atoms with van der Waals surface area (Å²) in [4.78, 5) is 35.1. The van der Waals surface area contributed by atoms with Gasteiger partial charge in [0.2, 0.25) is 0 Å². The highest BCUT2D eigenvalue weighted by Gasteiger charge is 2.27. The summed E-state index contributed by atoms with van der Waals surface area (Å²) in [5.74, 6) is -1.02. The van der Waals surface area contributed by atoms with Crippen LogP contribution in [-0.4, -0.2) is 65.7 Å². The Morgan fingerprint density at radius 1 is 0.508 bits per heavy atom. The van der Waals surface area contributed by atoms with E-state index in [1.165, 1.54) is 96.3 Å². The number of aliphatic hydroxyl groups excluding tert-OH is 2. The number of phosphoric acid groups is 1. The molecule has 0 radical (unpaired) electrons. The van der Waals surface area contributed by atoms with Crippen LogP contribution in [0.4, 0.5) is 0 Å². The van der Waals surface area contributed by atoms with Gasteiger partial charge in [-0.2, -0.15) is 0 Å². The second-order valence-electron chi connectivity index (χ2n) is 15.8. The number of carbonyl (C=O) groups is 2. The van der Waals surface area contributed by atoms with Crippen LogP contribution in [-0.2, 0) is 32.7 Å². The SMILES string of the molecule is CC/C=C/C/C=C/C/C=C/C/C=C/C/C=C/C/C=C/CCC(=O)OC[C@H](COP(=O)(O)OC[C@@H](O)CO)OC(=O)CCCCCCCCCCCCCCCCCCCCC. The molecule has 0 aliphatic heterocycles. The number of aliphatic hydroxyl groups is 2. The fourth-order valence-corrected chi connectivity index (χ4v) is 7.04. The Morgan fingerprint density at radius 3 is 1.33 bits per heavy atom. The average molecular weight is 879 g/mol. The molecule has 0 aromatic carbocycles. The highest BCUT2D eigenvalue weighted by atomic mass is 31.2. The first-order valence-corrected chi connectivity index (χ1v) is 25.4. The zero-order chi connectivity index (χ0) is 44.8. The Kier molecular flexibility index (Phi) is 43.5. The molecule has 0 aromatic rings. The van der Waals surface area contributed by atoms with Crippen LogP contribution in [0.15, 0.2) is 72.9 Å². The maximum atomic E-state index is 12.7. The molecule has 3 N–H and O–H groups in total. The molecule has 0 saturated heterocycles. The van der Waals surface area contributed by atoms with Crippen LogP contribution in [0.1, 0.15) is 194 Å². The lowest BCUT2D eigenvalue weighted by atomic mass is 10.0. The number of unbranched alkanes of at least 4 members (excludes halogenated alkanes) is 18. The van der Waals surface area contributed by atoms with Crippen molar-refractivity contribution in [2.75, 3.05) is 26.4 Å². The summed E-state index contributed by atoms with van der Waals surface area (Å²) in [5.41, 5.74) is 0. The van der Waals surface area contributed by atoms with Crippen molar-refractivity contribution in [3.63, 3.8) is 0 Å². The van der Waals surface area contributed by atoms with Gasteiger partial charge in [-0.15, -0.1) is 0 Å². The van der Waals surface area contributed by atoms with Crippen LogP contribution in [0, 0.1) is 0 Å². The van der Waals surface area contributed by atoms with Crippen LogP contribution in [0.5, 0.6) is 0 Å². The summed E-state index contributed by atoms with van der Waals surface area (Å²) in [6.45, 7) is 2.20. The maximum absolute atomic E-state index is 12.7. The quantitative estimate of drug-likeness (QED) is 0.0234. The molecular formula is C50H87O10P. The normalized spacial score (nSPS) is 14.4. The molecule has 1 unspecified atom stereocenters. The molecule has 0 aliphatic rings. The minimum Gasteiger partial charge on any atom is -0.462 e. The Bertz CT molecular complexity index is 1240. The number of carbonyl (C=O) groups excluding carboxylic acids is 2. The van der Waals surface area contributed by atoms with Crippen LogP contribution < -0.4 is 0 Å². The molecule has 11 heteroatoms. The smallest absolute Gasteiger partial charge is 0.462 e. The summed E-state index contributed by atoms with van der Waals surface area (Å²) in [6, 6.07) is 0. The standard InChI is InChI=1S/C50H87O10P/c1-3-5-7-9-11-13-15-17-19-21-23-25-27-29-31-33-35-37-39-41-49(53)57-45-48(46-59-61(55,56)58-44-47(52)43-51)60-50(54)42-40-38-36-34-32-30-28-26-24-22-20-18-16-14-12-10-8-6-4-2/h5,7,11,13,17,19,23,25,29,31,35,37,47-48,51-52H,3-4,6,8-10,12,14-16,18,20-22,24,26-28,30,32-34,36,38-46H2,1-2H3,(H,55,56)/b7-5+,13-11+,19-17+,25-23+,31-29+,37-35+/t47-,48+/m0/s1. The molecule has 0 saturated carbocycles. The Morgan fingerprint density at radius 2 is 0.902 bits per heavy atom. The number of hydrogen-bond donors (Lipinski definition) is 3. The van der Waals surface area contributed by atoms with Gasteiger partial charge in [0.15, 0.2) is 6.10 Å². The van der Waals surface area contributed by atoms with E-state index < -0.39 is 51.8 Å². The Hall–Kier alpha value is -2.59. The van der Waals surface area contributed by atoms with Gasteiger partial charge >= 0.3 is 19.8 Å². The van der Waals surface area contributed by atoms with Crippen molar-refractivity contribution >= 4 is 19.8 Å². The zero-order valence-corrected chi connectivity index (χ0v) is 39.3. The number of rotatable bonds is 44. The van der Waals surface area contributed by atoms with Crippen molar-refractivity contribution in [2.45, 2.75) is 206 Å². The molecular weight excluding hydrogens is 792 g/mol. The van der Waals surface area contributed by atoms with Crippen molar-refractivity contribution in [1.82, 2.24) is 0 Å².